The summed E-state index contributed by atoms with van der Waals surface area (Å²) < 4.78 is 0. The first-order valence-corrected chi connectivity index (χ1v) is 3.10. The second kappa shape index (κ2) is 4.13. The minimum atomic E-state index is 0.887. The minimum absolute atomic E-state index is 0.887. The molecule has 0 aliphatic rings. The molecule has 0 fully saturated rings. The van der Waals surface area contributed by atoms with Crippen molar-refractivity contribution in [1.29, 1.82) is 0 Å². The molecule has 7 heavy (non-hydrogen) atoms. The Morgan fingerprint density at radius 3 is 2.29 bits per heavy atom. The topological polar surface area (TPSA) is 27.6 Å². The quantitative estimate of drug-likeness (QED) is 0.542. The van der Waals surface area contributed by atoms with Crippen LogP contribution in [0.25, 0.3) is 0 Å². The first-order valence-electron chi connectivity index (χ1n) is 3.10. The lowest BCUT2D eigenvalue weighted by molar-refractivity contribution is -0.370. The van der Waals surface area contributed by atoms with Crippen molar-refractivity contribution in [2.24, 2.45) is 5.92 Å². The maximum atomic E-state index is 3.77. The maximum absolute atomic E-state index is 3.77. The van der Waals surface area contributed by atoms with Gasteiger partial charge in [0, 0.05) is 0 Å². The Bertz CT molecular complexity index is 35.2. The largest absolute Gasteiger partial charge is 0.358 e. The van der Waals surface area contributed by atoms with Gasteiger partial charge in [0.1, 0.15) is 0 Å². The molecule has 1 unspecified atom stereocenters. The molecule has 44 valence electrons. The van der Waals surface area contributed by atoms with Crippen molar-refractivity contribution >= 4 is 0 Å². The Labute approximate surface area is 45.9 Å². The Hall–Kier alpha value is -0.0400. The molecule has 0 radical (unpaired) electrons. The van der Waals surface area contributed by atoms with Gasteiger partial charge in [-0.25, -0.2) is 0 Å². The summed E-state index contributed by atoms with van der Waals surface area (Å²) in [6.07, 6.45) is 2.59. The van der Waals surface area contributed by atoms with Gasteiger partial charge < -0.3 is 5.73 Å². The van der Waals surface area contributed by atoms with Crippen molar-refractivity contribution < 1.29 is 5.73 Å². The fraction of sp³-hybridized carbons (Fsp3) is 1.00. The summed E-state index contributed by atoms with van der Waals surface area (Å²) in [6, 6.07) is 0. The summed E-state index contributed by atoms with van der Waals surface area (Å²) in [7, 11) is 0. The number of quaternary nitrogens is 1. The summed E-state index contributed by atoms with van der Waals surface area (Å²) in [5.74, 6) is 0.887. The molecule has 0 aromatic rings. The molecule has 1 heteroatoms. The lowest BCUT2D eigenvalue weighted by Gasteiger charge is -2.00. The minimum Gasteiger partial charge on any atom is -0.358 e. The zero-order valence-corrected chi connectivity index (χ0v) is 5.41. The van der Waals surface area contributed by atoms with Crippen molar-refractivity contribution in [2.75, 3.05) is 6.54 Å². The van der Waals surface area contributed by atoms with Gasteiger partial charge in [0.05, 0.1) is 6.54 Å². The second-order valence-electron chi connectivity index (χ2n) is 2.16. The maximum Gasteiger partial charge on any atom is 0.0742 e. The molecule has 0 aromatic carbocycles. The van der Waals surface area contributed by atoms with E-state index >= 15 is 0 Å². The molecule has 0 aliphatic carbocycles. The fourth-order valence-corrected chi connectivity index (χ4v) is 0.553. The molecule has 1 nitrogen and oxygen atoms in total. The highest BCUT2D eigenvalue weighted by Gasteiger charge is 1.94. The van der Waals surface area contributed by atoms with E-state index in [0.29, 0.717) is 0 Å². The normalized spacial score (nSPS) is 14.1. The van der Waals surface area contributed by atoms with Crippen LogP contribution in [-0.4, -0.2) is 6.54 Å². The lowest BCUT2D eigenvalue weighted by atomic mass is 10.1. The van der Waals surface area contributed by atoms with E-state index in [4.69, 9.17) is 0 Å². The Balaban J connectivity index is 2.83. The van der Waals surface area contributed by atoms with Crippen LogP contribution in [0.4, 0.5) is 0 Å². The fourth-order valence-electron chi connectivity index (χ4n) is 0.553. The smallest absolute Gasteiger partial charge is 0.0742 e. The van der Waals surface area contributed by atoms with Gasteiger partial charge >= 0.3 is 0 Å². The first-order chi connectivity index (χ1) is 3.31. The first kappa shape index (κ1) is 6.96. The van der Waals surface area contributed by atoms with Crippen LogP contribution in [0.2, 0.25) is 0 Å². The molecule has 0 spiro atoms. The highest BCUT2D eigenvalue weighted by atomic mass is 14.5. The van der Waals surface area contributed by atoms with E-state index in [2.05, 4.69) is 19.6 Å². The Morgan fingerprint density at radius 1 is 1.57 bits per heavy atom. The van der Waals surface area contributed by atoms with Gasteiger partial charge in [-0.1, -0.05) is 20.3 Å². The Kier molecular flexibility index (Phi) is 4.10. The number of hydrogen-bond acceptors (Lipinski definition) is 0. The van der Waals surface area contributed by atoms with Crippen LogP contribution in [0, 0.1) is 5.92 Å². The third-order valence-corrected chi connectivity index (χ3v) is 1.39. The third kappa shape index (κ3) is 3.80. The molecule has 0 saturated carbocycles. The van der Waals surface area contributed by atoms with Gasteiger partial charge in [-0.15, -0.1) is 0 Å². The zero-order chi connectivity index (χ0) is 5.70. The standard InChI is InChI=1S/C6H15N/c1-3-6(2)4-5-7/h6H,3-5,7H2,1-2H3/p+1. The molecule has 0 bridgehead atoms. The summed E-state index contributed by atoms with van der Waals surface area (Å²) >= 11 is 0. The lowest BCUT2D eigenvalue weighted by Crippen LogP contribution is -2.50. The van der Waals surface area contributed by atoms with Gasteiger partial charge in [-0.2, -0.15) is 0 Å². The van der Waals surface area contributed by atoms with Crippen LogP contribution in [0.1, 0.15) is 26.7 Å². The van der Waals surface area contributed by atoms with Gasteiger partial charge in [0.25, 0.3) is 0 Å². The molecular formula is C6H16N+. The van der Waals surface area contributed by atoms with Crippen molar-refractivity contribution in [3.05, 3.63) is 0 Å². The summed E-state index contributed by atoms with van der Waals surface area (Å²) in [6.45, 7) is 5.58. The third-order valence-electron chi connectivity index (χ3n) is 1.39. The van der Waals surface area contributed by atoms with E-state index in [1.807, 2.05) is 0 Å². The summed E-state index contributed by atoms with van der Waals surface area (Å²) in [5.41, 5.74) is 3.77. The van der Waals surface area contributed by atoms with E-state index in [1.54, 1.807) is 0 Å². The van der Waals surface area contributed by atoms with Crippen LogP contribution in [-0.2, 0) is 0 Å². The van der Waals surface area contributed by atoms with Gasteiger partial charge in [0.2, 0.25) is 0 Å². The SMILES string of the molecule is CCC(C)CC[NH3+]. The molecule has 3 N–H and O–H groups in total. The molecule has 0 aromatic heterocycles. The summed E-state index contributed by atoms with van der Waals surface area (Å²) in [4.78, 5) is 0. The van der Waals surface area contributed by atoms with Crippen LogP contribution < -0.4 is 5.73 Å². The van der Waals surface area contributed by atoms with Crippen molar-refractivity contribution in [3.63, 3.8) is 0 Å². The zero-order valence-electron chi connectivity index (χ0n) is 5.41. The molecule has 0 aliphatic heterocycles. The predicted molar refractivity (Wildman–Crippen MR) is 31.8 cm³/mol. The highest BCUT2D eigenvalue weighted by molar-refractivity contribution is 4.45. The summed E-state index contributed by atoms with van der Waals surface area (Å²) in [5, 5.41) is 0. The Morgan fingerprint density at radius 2 is 2.14 bits per heavy atom. The van der Waals surface area contributed by atoms with E-state index in [1.165, 1.54) is 12.8 Å². The van der Waals surface area contributed by atoms with E-state index in [0.717, 1.165) is 12.5 Å². The van der Waals surface area contributed by atoms with Gasteiger partial charge in [-0.05, 0) is 12.3 Å². The molecular weight excluding hydrogens is 86.1 g/mol. The van der Waals surface area contributed by atoms with Crippen LogP contribution in [0.5, 0.6) is 0 Å². The highest BCUT2D eigenvalue weighted by Crippen LogP contribution is 2.02. The average molecular weight is 102 g/mol. The second-order valence-corrected chi connectivity index (χ2v) is 2.16. The molecule has 0 saturated heterocycles. The van der Waals surface area contributed by atoms with E-state index in [9.17, 15) is 0 Å². The molecule has 0 heterocycles. The van der Waals surface area contributed by atoms with E-state index in [-0.39, 0.29) is 0 Å². The van der Waals surface area contributed by atoms with Crippen LogP contribution in [0.3, 0.4) is 0 Å². The van der Waals surface area contributed by atoms with E-state index < -0.39 is 0 Å². The van der Waals surface area contributed by atoms with Gasteiger partial charge in [-0.3, -0.25) is 0 Å². The van der Waals surface area contributed by atoms with Crippen LogP contribution >= 0.6 is 0 Å². The van der Waals surface area contributed by atoms with Crippen molar-refractivity contribution in [3.8, 4) is 0 Å². The number of rotatable bonds is 3. The van der Waals surface area contributed by atoms with Crippen molar-refractivity contribution in [2.45, 2.75) is 26.7 Å². The molecule has 1 atom stereocenters. The molecule has 0 amide bonds. The molecule has 0 rings (SSSR count). The van der Waals surface area contributed by atoms with Gasteiger partial charge in [0.15, 0.2) is 0 Å². The van der Waals surface area contributed by atoms with Crippen molar-refractivity contribution in [1.82, 2.24) is 0 Å². The predicted octanol–water partition coefficient (Wildman–Crippen LogP) is 0.665. The average Bonchev–Trinajstić information content (AvgIpc) is 1.68. The monoisotopic (exact) mass is 102 g/mol. The van der Waals surface area contributed by atoms with Crippen LogP contribution in [0.15, 0.2) is 0 Å². The number of hydrogen-bond donors (Lipinski definition) is 1.